The fraction of sp³-hybridized carbons (Fsp3) is 0.368. The molecule has 0 radical (unpaired) electrons. The van der Waals surface area contributed by atoms with E-state index in [-0.39, 0.29) is 34.4 Å². The minimum absolute atomic E-state index is 0.110. The number of alkyl halides is 6. The molecule has 0 unspecified atom stereocenters. The largest absolute Gasteiger partial charge is 0.416 e. The topological polar surface area (TPSA) is 43.4 Å². The predicted octanol–water partition coefficient (Wildman–Crippen LogP) is 12.2. The standard InChI is InChI=1S/C38H42F6O3S2/c1-34(2,3)25-10-16-30(17-11-25)48(31-18-12-26(13-19-31)35(4,5)6,32-20-14-27(15-21-32)36(7,8)9)47-49(45,46)33-23-28(37(39,40)41)22-29(24-33)38(42,43)44/h10-24H,1-9H3. The van der Waals surface area contributed by atoms with E-state index in [0.717, 1.165) is 16.7 Å². The van der Waals surface area contributed by atoms with Crippen LogP contribution >= 0.6 is 10.3 Å². The van der Waals surface area contributed by atoms with E-state index < -0.39 is 48.8 Å². The molecule has 11 heteroatoms. The van der Waals surface area contributed by atoms with Gasteiger partial charge in [0.25, 0.3) is 0 Å². The van der Waals surface area contributed by atoms with Crippen molar-refractivity contribution in [1.82, 2.24) is 0 Å². The normalized spacial score (nSPS) is 14.2. The third kappa shape index (κ3) is 8.37. The van der Waals surface area contributed by atoms with Gasteiger partial charge in [0.15, 0.2) is 0 Å². The first-order valence-corrected chi connectivity index (χ1v) is 18.5. The zero-order chi connectivity index (χ0) is 37.0. The second kappa shape index (κ2) is 12.8. The molecule has 0 N–H and O–H groups in total. The first-order valence-electron chi connectivity index (χ1n) is 15.6. The minimum atomic E-state index is -5.31. The molecule has 4 rings (SSSR count). The molecule has 0 saturated heterocycles. The summed E-state index contributed by atoms with van der Waals surface area (Å²) < 4.78 is 118. The van der Waals surface area contributed by atoms with Crippen molar-refractivity contribution in [3.63, 3.8) is 0 Å². The molecule has 4 aromatic rings. The molecule has 0 heterocycles. The van der Waals surface area contributed by atoms with Gasteiger partial charge in [-0.3, -0.25) is 0 Å². The van der Waals surface area contributed by atoms with E-state index >= 15 is 0 Å². The Hall–Kier alpha value is -3.28. The maximum atomic E-state index is 14.3. The number of hydrogen-bond acceptors (Lipinski definition) is 3. The molecular formula is C38H42F6O3S2. The Morgan fingerprint density at radius 2 is 0.673 bits per heavy atom. The van der Waals surface area contributed by atoms with Crippen LogP contribution in [0.5, 0.6) is 0 Å². The third-order valence-electron chi connectivity index (χ3n) is 8.20. The molecule has 266 valence electrons. The van der Waals surface area contributed by atoms with Crippen LogP contribution in [0.15, 0.2) is 111 Å². The Morgan fingerprint density at radius 3 is 0.898 bits per heavy atom. The molecule has 0 aliphatic rings. The van der Waals surface area contributed by atoms with Crippen LogP contribution in [-0.2, 0) is 42.3 Å². The van der Waals surface area contributed by atoms with E-state index in [1.54, 1.807) is 36.4 Å². The van der Waals surface area contributed by atoms with Crippen LogP contribution in [0.4, 0.5) is 26.3 Å². The zero-order valence-electron chi connectivity index (χ0n) is 29.0. The fourth-order valence-corrected chi connectivity index (χ4v) is 10.5. The van der Waals surface area contributed by atoms with Crippen molar-refractivity contribution in [3.05, 3.63) is 119 Å². The van der Waals surface area contributed by atoms with Gasteiger partial charge in [-0.15, -0.1) is 0 Å². The average molecular weight is 725 g/mol. The second-order valence-corrected chi connectivity index (χ2v) is 19.6. The van der Waals surface area contributed by atoms with E-state index in [2.05, 4.69) is 0 Å². The fourth-order valence-electron chi connectivity index (χ4n) is 5.21. The number of benzene rings is 4. The van der Waals surface area contributed by atoms with E-state index in [1.807, 2.05) is 98.7 Å². The molecule has 0 aliphatic carbocycles. The molecule has 0 spiro atoms. The quantitative estimate of drug-likeness (QED) is 0.186. The molecule has 0 fully saturated rings. The summed E-state index contributed by atoms with van der Waals surface area (Å²) in [6.45, 7) is 18.0. The summed E-state index contributed by atoms with van der Waals surface area (Å²) >= 11 is 0. The highest BCUT2D eigenvalue weighted by Gasteiger charge is 2.42. The van der Waals surface area contributed by atoms with Gasteiger partial charge >= 0.3 is 22.5 Å². The second-order valence-electron chi connectivity index (χ2n) is 15.1. The van der Waals surface area contributed by atoms with Gasteiger partial charge in [0.1, 0.15) is 0 Å². The van der Waals surface area contributed by atoms with Gasteiger partial charge in [-0.1, -0.05) is 98.7 Å². The van der Waals surface area contributed by atoms with E-state index in [0.29, 0.717) is 14.7 Å². The van der Waals surface area contributed by atoms with E-state index in [4.69, 9.17) is 3.63 Å². The Morgan fingerprint density at radius 1 is 0.408 bits per heavy atom. The monoisotopic (exact) mass is 724 g/mol. The van der Waals surface area contributed by atoms with Crippen LogP contribution in [0.3, 0.4) is 0 Å². The number of hydrogen-bond donors (Lipinski definition) is 0. The summed E-state index contributed by atoms with van der Waals surface area (Å²) in [7, 11) is -8.68. The molecule has 4 aromatic carbocycles. The van der Waals surface area contributed by atoms with Gasteiger partial charge in [0.2, 0.25) is 0 Å². The summed E-state index contributed by atoms with van der Waals surface area (Å²) in [5, 5.41) is 0. The number of halogens is 6. The van der Waals surface area contributed by atoms with Crippen molar-refractivity contribution >= 4 is 20.4 Å². The van der Waals surface area contributed by atoms with E-state index in [9.17, 15) is 34.8 Å². The van der Waals surface area contributed by atoms with Crippen molar-refractivity contribution in [2.75, 3.05) is 0 Å². The zero-order valence-corrected chi connectivity index (χ0v) is 30.6. The van der Waals surface area contributed by atoms with Crippen LogP contribution in [0.25, 0.3) is 0 Å². The third-order valence-corrected chi connectivity index (χ3v) is 13.4. The molecule has 0 aromatic heterocycles. The van der Waals surface area contributed by atoms with Gasteiger partial charge in [0, 0.05) is 14.7 Å². The Labute approximate surface area is 287 Å². The molecule has 0 bridgehead atoms. The Bertz CT molecular complexity index is 1720. The van der Waals surface area contributed by atoms with Crippen molar-refractivity contribution in [1.29, 1.82) is 0 Å². The van der Waals surface area contributed by atoms with Crippen molar-refractivity contribution in [2.45, 2.75) is 110 Å². The summed E-state index contributed by atoms with van der Waals surface area (Å²) in [6.07, 6.45) is -10.5. The Kier molecular flexibility index (Phi) is 10.1. The summed E-state index contributed by atoms with van der Waals surface area (Å²) in [5.41, 5.74) is -1.59. The average Bonchev–Trinajstić information content (AvgIpc) is 2.98. The van der Waals surface area contributed by atoms with Gasteiger partial charge < -0.3 is 0 Å². The first kappa shape index (κ1) is 38.5. The van der Waals surface area contributed by atoms with Crippen LogP contribution in [-0.4, -0.2) is 8.42 Å². The van der Waals surface area contributed by atoms with Crippen LogP contribution < -0.4 is 0 Å². The van der Waals surface area contributed by atoms with Gasteiger partial charge in [-0.05, 0) is 97.8 Å². The predicted molar refractivity (Wildman–Crippen MR) is 183 cm³/mol. The number of rotatable bonds is 6. The smallest absolute Gasteiger partial charge is 0.203 e. The van der Waals surface area contributed by atoms with E-state index in [1.165, 1.54) is 0 Å². The van der Waals surface area contributed by atoms with Crippen molar-refractivity contribution < 1.29 is 38.4 Å². The van der Waals surface area contributed by atoms with Gasteiger partial charge in [0.05, 0.1) is 16.0 Å². The van der Waals surface area contributed by atoms with Gasteiger partial charge in [-0.25, -0.2) is 3.63 Å². The van der Waals surface area contributed by atoms with Crippen LogP contribution in [0.2, 0.25) is 0 Å². The first-order chi connectivity index (χ1) is 22.2. The molecule has 3 nitrogen and oxygen atoms in total. The highest BCUT2D eigenvalue weighted by Crippen LogP contribution is 2.70. The lowest BCUT2D eigenvalue weighted by Crippen LogP contribution is -2.18. The van der Waals surface area contributed by atoms with Gasteiger partial charge in [-0.2, -0.15) is 34.8 Å². The lowest BCUT2D eigenvalue weighted by Gasteiger charge is -2.40. The van der Waals surface area contributed by atoms with Crippen LogP contribution in [0.1, 0.15) is 90.1 Å². The maximum Gasteiger partial charge on any atom is 0.416 e. The van der Waals surface area contributed by atoms with Crippen molar-refractivity contribution in [2.24, 2.45) is 0 Å². The summed E-state index contributed by atoms with van der Waals surface area (Å²) in [4.78, 5) is -0.0900. The molecule has 0 atom stereocenters. The lowest BCUT2D eigenvalue weighted by atomic mass is 9.87. The molecule has 0 saturated carbocycles. The summed E-state index contributed by atoms with van der Waals surface area (Å²) in [6, 6.07) is 21.5. The maximum absolute atomic E-state index is 14.3. The SMILES string of the molecule is CC(C)(C)c1ccc(S(OS(=O)(=O)c2cc(C(F)(F)F)cc(C(F)(F)F)c2)(c2ccc(C(C)(C)C)cc2)c2ccc(C(C)(C)C)cc2)cc1. The molecule has 0 amide bonds. The molecule has 49 heavy (non-hydrogen) atoms. The Balaban J connectivity index is 2.11. The minimum Gasteiger partial charge on any atom is -0.203 e. The molecule has 0 aliphatic heterocycles. The molecular weight excluding hydrogens is 683 g/mol. The highest BCUT2D eigenvalue weighted by molar-refractivity contribution is 8.33. The lowest BCUT2D eigenvalue weighted by molar-refractivity contribution is -0.143. The van der Waals surface area contributed by atoms with Crippen LogP contribution in [0, 0.1) is 0 Å². The summed E-state index contributed by atoms with van der Waals surface area (Å²) in [5.74, 6) is 0. The highest BCUT2D eigenvalue weighted by atomic mass is 32.3. The van der Waals surface area contributed by atoms with Crippen molar-refractivity contribution in [3.8, 4) is 0 Å².